The second-order valence-corrected chi connectivity index (χ2v) is 7.20. The van der Waals surface area contributed by atoms with Gasteiger partial charge in [-0.15, -0.1) is 6.58 Å². The maximum atomic E-state index is 4.13. The van der Waals surface area contributed by atoms with E-state index in [2.05, 4.69) is 117 Å². The Labute approximate surface area is 167 Å². The SMILES string of the molecule is C=CC(c1cccc(-c2ccccc2)c1)c1cccc(-c2ccc(C)cc2)c1. The van der Waals surface area contributed by atoms with Gasteiger partial charge in [0, 0.05) is 5.92 Å². The van der Waals surface area contributed by atoms with E-state index in [1.165, 1.54) is 38.9 Å². The Hall–Kier alpha value is -3.38. The van der Waals surface area contributed by atoms with Crippen LogP contribution in [-0.4, -0.2) is 0 Å². The van der Waals surface area contributed by atoms with Gasteiger partial charge in [0.2, 0.25) is 0 Å². The first-order valence-electron chi connectivity index (χ1n) is 9.69. The predicted octanol–water partition coefficient (Wildman–Crippen LogP) is 7.65. The maximum absolute atomic E-state index is 4.13. The normalized spacial score (nSPS) is 11.8. The van der Waals surface area contributed by atoms with Crippen LogP contribution in [0.2, 0.25) is 0 Å². The molecule has 0 amide bonds. The molecule has 0 aliphatic heterocycles. The third-order valence-corrected chi connectivity index (χ3v) is 5.22. The first-order valence-corrected chi connectivity index (χ1v) is 9.69. The van der Waals surface area contributed by atoms with Crippen LogP contribution in [-0.2, 0) is 0 Å². The zero-order valence-electron chi connectivity index (χ0n) is 16.2. The van der Waals surface area contributed by atoms with Gasteiger partial charge in [-0.05, 0) is 40.3 Å². The van der Waals surface area contributed by atoms with Crippen molar-refractivity contribution in [2.24, 2.45) is 0 Å². The minimum Gasteiger partial charge on any atom is -0.102 e. The monoisotopic (exact) mass is 360 g/mol. The van der Waals surface area contributed by atoms with Crippen LogP contribution in [0, 0.1) is 6.92 Å². The van der Waals surface area contributed by atoms with Crippen LogP contribution < -0.4 is 0 Å². The maximum Gasteiger partial charge on any atom is 0.0267 e. The Bertz CT molecular complexity index is 1070. The summed E-state index contributed by atoms with van der Waals surface area (Å²) in [7, 11) is 0. The van der Waals surface area contributed by atoms with Crippen molar-refractivity contribution in [2.75, 3.05) is 0 Å². The van der Waals surface area contributed by atoms with Gasteiger partial charge >= 0.3 is 0 Å². The van der Waals surface area contributed by atoms with Crippen molar-refractivity contribution < 1.29 is 0 Å². The zero-order valence-corrected chi connectivity index (χ0v) is 16.2. The molecule has 0 saturated carbocycles. The van der Waals surface area contributed by atoms with Gasteiger partial charge in [0.1, 0.15) is 0 Å². The number of allylic oxidation sites excluding steroid dienone is 1. The average molecular weight is 361 g/mol. The number of rotatable bonds is 5. The third-order valence-electron chi connectivity index (χ3n) is 5.22. The summed E-state index contributed by atoms with van der Waals surface area (Å²) in [5, 5.41) is 0. The Morgan fingerprint density at radius 2 is 1.07 bits per heavy atom. The molecule has 0 N–H and O–H groups in total. The van der Waals surface area contributed by atoms with Crippen LogP contribution in [0.25, 0.3) is 22.3 Å². The molecule has 0 aliphatic carbocycles. The number of hydrogen-bond acceptors (Lipinski definition) is 0. The summed E-state index contributed by atoms with van der Waals surface area (Å²) in [5.41, 5.74) is 8.76. The smallest absolute Gasteiger partial charge is 0.0267 e. The highest BCUT2D eigenvalue weighted by Crippen LogP contribution is 2.32. The second-order valence-electron chi connectivity index (χ2n) is 7.20. The Morgan fingerprint density at radius 3 is 1.61 bits per heavy atom. The highest BCUT2D eigenvalue weighted by atomic mass is 14.2. The van der Waals surface area contributed by atoms with Gasteiger partial charge in [0.25, 0.3) is 0 Å². The van der Waals surface area contributed by atoms with Crippen LogP contribution in [0.5, 0.6) is 0 Å². The van der Waals surface area contributed by atoms with E-state index in [0.717, 1.165) is 0 Å². The summed E-state index contributed by atoms with van der Waals surface area (Å²) in [6, 6.07) is 36.8. The fourth-order valence-electron chi connectivity index (χ4n) is 3.66. The Kier molecular flexibility index (Phi) is 5.21. The minimum absolute atomic E-state index is 0.161. The van der Waals surface area contributed by atoms with Gasteiger partial charge in [-0.2, -0.15) is 0 Å². The molecule has 0 fully saturated rings. The highest BCUT2D eigenvalue weighted by Gasteiger charge is 2.12. The van der Waals surface area contributed by atoms with E-state index >= 15 is 0 Å². The van der Waals surface area contributed by atoms with Gasteiger partial charge < -0.3 is 0 Å². The largest absolute Gasteiger partial charge is 0.102 e. The molecule has 28 heavy (non-hydrogen) atoms. The molecule has 0 radical (unpaired) electrons. The van der Waals surface area contributed by atoms with E-state index in [1.54, 1.807) is 0 Å². The van der Waals surface area contributed by atoms with Crippen molar-refractivity contribution in [3.8, 4) is 22.3 Å². The van der Waals surface area contributed by atoms with Crippen LogP contribution in [0.3, 0.4) is 0 Å². The lowest BCUT2D eigenvalue weighted by atomic mass is 9.88. The molecular formula is C28H24. The van der Waals surface area contributed by atoms with Crippen LogP contribution in [0.15, 0.2) is 116 Å². The lowest BCUT2D eigenvalue weighted by molar-refractivity contribution is 1.03. The average Bonchev–Trinajstić information content (AvgIpc) is 2.76. The van der Waals surface area contributed by atoms with E-state index in [4.69, 9.17) is 0 Å². The van der Waals surface area contributed by atoms with E-state index in [9.17, 15) is 0 Å². The first-order chi connectivity index (χ1) is 13.7. The molecule has 4 aromatic carbocycles. The molecule has 1 unspecified atom stereocenters. The van der Waals surface area contributed by atoms with Crippen LogP contribution in [0.4, 0.5) is 0 Å². The third kappa shape index (κ3) is 3.82. The summed E-state index contributed by atoms with van der Waals surface area (Å²) < 4.78 is 0. The van der Waals surface area contributed by atoms with Crippen LogP contribution in [0.1, 0.15) is 22.6 Å². The van der Waals surface area contributed by atoms with Crippen molar-refractivity contribution in [3.63, 3.8) is 0 Å². The number of benzene rings is 4. The minimum atomic E-state index is 0.161. The summed E-state index contributed by atoms with van der Waals surface area (Å²) in [6.07, 6.45) is 2.04. The topological polar surface area (TPSA) is 0 Å². The summed E-state index contributed by atoms with van der Waals surface area (Å²) in [6.45, 7) is 6.25. The summed E-state index contributed by atoms with van der Waals surface area (Å²) >= 11 is 0. The van der Waals surface area contributed by atoms with Gasteiger partial charge in [0.05, 0.1) is 0 Å². The van der Waals surface area contributed by atoms with E-state index < -0.39 is 0 Å². The van der Waals surface area contributed by atoms with Crippen molar-refractivity contribution in [3.05, 3.63) is 132 Å². The fraction of sp³-hybridized carbons (Fsp3) is 0.0714. The quantitative estimate of drug-likeness (QED) is 0.321. The molecule has 0 bridgehead atoms. The molecular weight excluding hydrogens is 336 g/mol. The number of hydrogen-bond donors (Lipinski definition) is 0. The van der Waals surface area contributed by atoms with Gasteiger partial charge in [-0.1, -0.05) is 115 Å². The molecule has 0 nitrogen and oxygen atoms in total. The molecule has 0 spiro atoms. The second kappa shape index (κ2) is 8.10. The molecule has 0 heterocycles. The highest BCUT2D eigenvalue weighted by molar-refractivity contribution is 5.67. The Morgan fingerprint density at radius 1 is 0.571 bits per heavy atom. The van der Waals surface area contributed by atoms with Gasteiger partial charge in [-0.25, -0.2) is 0 Å². The van der Waals surface area contributed by atoms with Crippen molar-refractivity contribution in [1.29, 1.82) is 0 Å². The fourth-order valence-corrected chi connectivity index (χ4v) is 3.66. The van der Waals surface area contributed by atoms with Crippen LogP contribution >= 0.6 is 0 Å². The van der Waals surface area contributed by atoms with Crippen molar-refractivity contribution in [2.45, 2.75) is 12.8 Å². The molecule has 0 saturated heterocycles. The van der Waals surface area contributed by atoms with E-state index in [0.29, 0.717) is 0 Å². The van der Waals surface area contributed by atoms with Gasteiger partial charge in [-0.3, -0.25) is 0 Å². The zero-order chi connectivity index (χ0) is 19.3. The standard InChI is InChI=1S/C28H24/c1-3-28(26-13-7-11-24(19-26)22-9-5-4-6-10-22)27-14-8-12-25(20-27)23-17-15-21(2)16-18-23/h3-20,28H,1H2,2H3. The molecule has 4 aromatic rings. The van der Waals surface area contributed by atoms with Crippen molar-refractivity contribution in [1.82, 2.24) is 0 Å². The molecule has 1 atom stereocenters. The van der Waals surface area contributed by atoms with Gasteiger partial charge in [0.15, 0.2) is 0 Å². The van der Waals surface area contributed by atoms with E-state index in [-0.39, 0.29) is 5.92 Å². The lowest BCUT2D eigenvalue weighted by Gasteiger charge is -2.16. The first kappa shape index (κ1) is 18.0. The molecule has 4 rings (SSSR count). The molecule has 0 aliphatic rings. The molecule has 136 valence electrons. The lowest BCUT2D eigenvalue weighted by Crippen LogP contribution is -1.98. The Balaban J connectivity index is 1.71. The number of aryl methyl sites for hydroxylation is 1. The molecule has 0 heteroatoms. The van der Waals surface area contributed by atoms with Crippen molar-refractivity contribution >= 4 is 0 Å². The predicted molar refractivity (Wildman–Crippen MR) is 121 cm³/mol. The molecule has 0 aromatic heterocycles. The van der Waals surface area contributed by atoms with E-state index in [1.807, 2.05) is 6.08 Å². The summed E-state index contributed by atoms with van der Waals surface area (Å²) in [5.74, 6) is 0.161. The summed E-state index contributed by atoms with van der Waals surface area (Å²) in [4.78, 5) is 0.